The first-order valence-corrected chi connectivity index (χ1v) is 9.26. The molecule has 2 unspecified atom stereocenters. The van der Waals surface area contributed by atoms with Gasteiger partial charge in [0.1, 0.15) is 0 Å². The van der Waals surface area contributed by atoms with Gasteiger partial charge in [-0.3, -0.25) is 0 Å². The Morgan fingerprint density at radius 3 is 2.62 bits per heavy atom. The third kappa shape index (κ3) is 5.01. The highest BCUT2D eigenvalue weighted by molar-refractivity contribution is 8.00. The highest BCUT2D eigenvalue weighted by atomic mass is 32.2. The van der Waals surface area contributed by atoms with Crippen LogP contribution in [-0.4, -0.2) is 42.6 Å². The predicted molar refractivity (Wildman–Crippen MR) is 95.3 cm³/mol. The van der Waals surface area contributed by atoms with Crippen molar-refractivity contribution in [3.8, 4) is 0 Å². The number of benzene rings is 1. The van der Waals surface area contributed by atoms with E-state index in [1.807, 2.05) is 0 Å². The third-order valence-corrected chi connectivity index (χ3v) is 5.78. The summed E-state index contributed by atoms with van der Waals surface area (Å²) in [6.07, 6.45) is 2.49. The highest BCUT2D eigenvalue weighted by Gasteiger charge is 2.20. The topological polar surface area (TPSA) is 15.3 Å². The van der Waals surface area contributed by atoms with E-state index < -0.39 is 0 Å². The summed E-state index contributed by atoms with van der Waals surface area (Å²) in [5.41, 5.74) is 4.17. The van der Waals surface area contributed by atoms with E-state index in [1.165, 1.54) is 54.9 Å². The van der Waals surface area contributed by atoms with Crippen LogP contribution in [0.25, 0.3) is 0 Å². The molecule has 0 aliphatic carbocycles. The van der Waals surface area contributed by atoms with Crippen molar-refractivity contribution in [2.75, 3.05) is 32.4 Å². The van der Waals surface area contributed by atoms with Gasteiger partial charge in [0.15, 0.2) is 0 Å². The number of nitrogens with one attached hydrogen (secondary N) is 1. The molecule has 2 atom stereocenters. The van der Waals surface area contributed by atoms with Crippen molar-refractivity contribution >= 4 is 11.8 Å². The van der Waals surface area contributed by atoms with Gasteiger partial charge in [-0.1, -0.05) is 36.2 Å². The molecule has 0 radical (unpaired) electrons. The molecule has 0 spiro atoms. The third-order valence-electron chi connectivity index (χ3n) is 4.41. The lowest BCUT2D eigenvalue weighted by atomic mass is 9.99. The molecule has 1 heterocycles. The molecule has 0 bridgehead atoms. The molecule has 118 valence electrons. The van der Waals surface area contributed by atoms with Gasteiger partial charge >= 0.3 is 0 Å². The van der Waals surface area contributed by atoms with Gasteiger partial charge in [-0.05, 0) is 39.3 Å². The maximum Gasteiger partial charge on any atom is 0.0329 e. The van der Waals surface area contributed by atoms with Crippen LogP contribution in [0.2, 0.25) is 0 Å². The summed E-state index contributed by atoms with van der Waals surface area (Å²) in [6.45, 7) is 10.4. The summed E-state index contributed by atoms with van der Waals surface area (Å²) in [6, 6.07) is 7.38. The Kier molecular flexibility index (Phi) is 6.59. The molecule has 1 N–H and O–H groups in total. The fourth-order valence-corrected chi connectivity index (χ4v) is 4.48. The zero-order valence-electron chi connectivity index (χ0n) is 14.0. The second kappa shape index (κ2) is 8.21. The lowest BCUT2D eigenvalue weighted by Gasteiger charge is -2.33. The van der Waals surface area contributed by atoms with Crippen LogP contribution in [0.5, 0.6) is 0 Å². The minimum atomic E-state index is 0.471. The van der Waals surface area contributed by atoms with Crippen molar-refractivity contribution < 1.29 is 0 Å². The summed E-state index contributed by atoms with van der Waals surface area (Å²) in [5, 5.41) is 4.35. The Balaban J connectivity index is 1.93. The van der Waals surface area contributed by atoms with E-state index in [1.54, 1.807) is 0 Å². The zero-order valence-corrected chi connectivity index (χ0v) is 14.8. The van der Waals surface area contributed by atoms with Crippen molar-refractivity contribution in [1.82, 2.24) is 10.2 Å². The van der Waals surface area contributed by atoms with Crippen molar-refractivity contribution in [2.24, 2.45) is 0 Å². The standard InChI is InChI=1S/C18H30N2S/c1-5-17-13-20(8-9-21-17)7-6-18(19-4)16-11-14(2)10-15(3)12-16/h10-12,17-19H,5-9,13H2,1-4H3. The Morgan fingerprint density at radius 1 is 1.29 bits per heavy atom. The van der Waals surface area contributed by atoms with Gasteiger partial charge in [0.2, 0.25) is 0 Å². The SMILES string of the molecule is CCC1CN(CCC(NC)c2cc(C)cc(C)c2)CCS1. The fourth-order valence-electron chi connectivity index (χ4n) is 3.23. The molecule has 0 amide bonds. The first-order chi connectivity index (χ1) is 10.1. The highest BCUT2D eigenvalue weighted by Crippen LogP contribution is 2.24. The summed E-state index contributed by atoms with van der Waals surface area (Å²) in [4.78, 5) is 2.65. The molecule has 1 aromatic carbocycles. The van der Waals surface area contributed by atoms with Gasteiger partial charge in [0.25, 0.3) is 0 Å². The van der Waals surface area contributed by atoms with E-state index in [0.29, 0.717) is 6.04 Å². The van der Waals surface area contributed by atoms with Gasteiger partial charge in [0, 0.05) is 36.7 Å². The molecule has 2 nitrogen and oxygen atoms in total. The summed E-state index contributed by atoms with van der Waals surface area (Å²) in [5.74, 6) is 1.30. The van der Waals surface area contributed by atoms with E-state index in [-0.39, 0.29) is 0 Å². The molecule has 0 saturated carbocycles. The van der Waals surface area contributed by atoms with Crippen molar-refractivity contribution in [2.45, 2.75) is 44.9 Å². The number of hydrogen-bond donors (Lipinski definition) is 1. The van der Waals surface area contributed by atoms with Gasteiger partial charge in [-0.25, -0.2) is 0 Å². The van der Waals surface area contributed by atoms with Gasteiger partial charge < -0.3 is 10.2 Å². The van der Waals surface area contributed by atoms with E-state index in [2.05, 4.69) is 68.0 Å². The van der Waals surface area contributed by atoms with Crippen LogP contribution in [-0.2, 0) is 0 Å². The van der Waals surface area contributed by atoms with Crippen LogP contribution in [0.4, 0.5) is 0 Å². The molecule has 1 fully saturated rings. The average Bonchev–Trinajstić information content (AvgIpc) is 2.47. The summed E-state index contributed by atoms with van der Waals surface area (Å²) in [7, 11) is 2.09. The maximum absolute atomic E-state index is 3.51. The quantitative estimate of drug-likeness (QED) is 0.861. The fraction of sp³-hybridized carbons (Fsp3) is 0.667. The van der Waals surface area contributed by atoms with E-state index in [9.17, 15) is 0 Å². The molecule has 21 heavy (non-hydrogen) atoms. The van der Waals surface area contributed by atoms with Crippen LogP contribution in [0.15, 0.2) is 18.2 Å². The molecule has 1 aliphatic rings. The smallest absolute Gasteiger partial charge is 0.0329 e. The maximum atomic E-state index is 3.51. The van der Waals surface area contributed by atoms with Crippen molar-refractivity contribution in [1.29, 1.82) is 0 Å². The summed E-state index contributed by atoms with van der Waals surface area (Å²) < 4.78 is 0. The van der Waals surface area contributed by atoms with Crippen LogP contribution < -0.4 is 5.32 Å². The van der Waals surface area contributed by atoms with Crippen LogP contribution in [0, 0.1) is 13.8 Å². The van der Waals surface area contributed by atoms with E-state index in [4.69, 9.17) is 0 Å². The van der Waals surface area contributed by atoms with Crippen LogP contribution in [0.3, 0.4) is 0 Å². The molecule has 3 heteroatoms. The van der Waals surface area contributed by atoms with Gasteiger partial charge in [-0.15, -0.1) is 0 Å². The monoisotopic (exact) mass is 306 g/mol. The van der Waals surface area contributed by atoms with Crippen LogP contribution >= 0.6 is 11.8 Å². The molecule has 1 saturated heterocycles. The van der Waals surface area contributed by atoms with Crippen LogP contribution in [0.1, 0.15) is 42.5 Å². The van der Waals surface area contributed by atoms with Crippen molar-refractivity contribution in [3.63, 3.8) is 0 Å². The molecule has 1 aromatic rings. The Labute approximate surface area is 134 Å². The first kappa shape index (κ1) is 16.9. The second-order valence-corrected chi connectivity index (χ2v) is 7.66. The van der Waals surface area contributed by atoms with Crippen molar-refractivity contribution in [3.05, 3.63) is 34.9 Å². The number of aryl methyl sites for hydroxylation is 2. The molecular formula is C18H30N2S. The zero-order chi connectivity index (χ0) is 15.2. The molecule has 0 aromatic heterocycles. The molecular weight excluding hydrogens is 276 g/mol. The first-order valence-electron chi connectivity index (χ1n) is 8.21. The molecule has 2 rings (SSSR count). The lowest BCUT2D eigenvalue weighted by Crippen LogP contribution is -2.39. The van der Waals surface area contributed by atoms with Gasteiger partial charge in [-0.2, -0.15) is 11.8 Å². The lowest BCUT2D eigenvalue weighted by molar-refractivity contribution is 0.265. The predicted octanol–water partition coefficient (Wildman–Crippen LogP) is 3.78. The largest absolute Gasteiger partial charge is 0.313 e. The molecule has 1 aliphatic heterocycles. The number of nitrogens with zero attached hydrogens (tertiary/aromatic N) is 1. The van der Waals surface area contributed by atoms with Gasteiger partial charge in [0.05, 0.1) is 0 Å². The second-order valence-electron chi connectivity index (χ2n) is 6.25. The minimum Gasteiger partial charge on any atom is -0.313 e. The average molecular weight is 307 g/mol. The minimum absolute atomic E-state index is 0.471. The Bertz CT molecular complexity index is 427. The van der Waals surface area contributed by atoms with E-state index >= 15 is 0 Å². The Morgan fingerprint density at radius 2 is 2.00 bits per heavy atom. The van der Waals surface area contributed by atoms with E-state index in [0.717, 1.165) is 5.25 Å². The summed E-state index contributed by atoms with van der Waals surface area (Å²) >= 11 is 2.15. The number of rotatable bonds is 6. The number of hydrogen-bond acceptors (Lipinski definition) is 3. The normalized spacial score (nSPS) is 21.4. The Hall–Kier alpha value is -0.510. The number of thioether (sulfide) groups is 1.